The van der Waals surface area contributed by atoms with E-state index in [4.69, 9.17) is 4.74 Å². The van der Waals surface area contributed by atoms with Crippen LogP contribution in [0.15, 0.2) is 66.9 Å². The second kappa shape index (κ2) is 10.5. The maximum Gasteiger partial charge on any atom is 0.322 e. The number of hydrogen-bond acceptors (Lipinski definition) is 3. The van der Waals surface area contributed by atoms with Gasteiger partial charge in [-0.2, -0.15) is 0 Å². The van der Waals surface area contributed by atoms with Gasteiger partial charge in [0.1, 0.15) is 12.3 Å². The molecule has 0 saturated carbocycles. The van der Waals surface area contributed by atoms with Crippen LogP contribution in [0.2, 0.25) is 0 Å². The lowest BCUT2D eigenvalue weighted by Gasteiger charge is -2.38. The van der Waals surface area contributed by atoms with E-state index in [1.165, 1.54) is 5.56 Å². The van der Waals surface area contributed by atoms with E-state index in [0.717, 1.165) is 30.0 Å². The van der Waals surface area contributed by atoms with E-state index in [-0.39, 0.29) is 24.5 Å². The number of hydrogen-bond donors (Lipinski definition) is 1. The van der Waals surface area contributed by atoms with Gasteiger partial charge in [0.05, 0.1) is 13.2 Å². The van der Waals surface area contributed by atoms with Gasteiger partial charge in [0, 0.05) is 37.2 Å². The number of nitrogens with zero attached hydrogens (tertiary/aromatic N) is 3. The number of carbonyl (C=O) groups excluding carboxylic acids is 2. The molecule has 0 saturated heterocycles. The zero-order valence-corrected chi connectivity index (χ0v) is 20.0. The third-order valence-corrected chi connectivity index (χ3v) is 6.20. The summed E-state index contributed by atoms with van der Waals surface area (Å²) in [5.74, 6) is 0.659. The van der Waals surface area contributed by atoms with Gasteiger partial charge in [-0.1, -0.05) is 36.8 Å². The normalized spacial score (nSPS) is 14.9. The highest BCUT2D eigenvalue weighted by Gasteiger charge is 2.33. The summed E-state index contributed by atoms with van der Waals surface area (Å²) in [5, 5.41) is 2.90. The lowest BCUT2D eigenvalue weighted by Crippen LogP contribution is -2.48. The van der Waals surface area contributed by atoms with E-state index in [9.17, 15) is 9.59 Å². The standard InChI is InChI=1S/C27H32N4O3/c1-4-15-30(27(33)28-22-11-13-23(34-3)14-12-22)19-25(32)31-18-17-29-16-5-6-24(29)26(31)21-9-7-20(2)8-10-21/h5-14,16,26H,4,15,17-19H2,1-3H3,(H,28,33). The van der Waals surface area contributed by atoms with Crippen LogP contribution < -0.4 is 10.1 Å². The highest BCUT2D eigenvalue weighted by Crippen LogP contribution is 2.32. The Bertz CT molecular complexity index is 1120. The van der Waals surface area contributed by atoms with Gasteiger partial charge in [-0.25, -0.2) is 4.79 Å². The van der Waals surface area contributed by atoms with Crippen LogP contribution in [0.5, 0.6) is 5.75 Å². The largest absolute Gasteiger partial charge is 0.497 e. The first-order valence-corrected chi connectivity index (χ1v) is 11.7. The molecule has 3 aromatic rings. The summed E-state index contributed by atoms with van der Waals surface area (Å²) in [6, 6.07) is 19.1. The number of aromatic nitrogens is 1. The molecule has 0 spiro atoms. The predicted molar refractivity (Wildman–Crippen MR) is 133 cm³/mol. The Balaban J connectivity index is 1.52. The summed E-state index contributed by atoms with van der Waals surface area (Å²) in [7, 11) is 1.60. The van der Waals surface area contributed by atoms with E-state index in [1.807, 2.05) is 17.9 Å². The minimum atomic E-state index is -0.285. The Morgan fingerprint density at radius 1 is 1.06 bits per heavy atom. The first-order valence-electron chi connectivity index (χ1n) is 11.7. The number of ether oxygens (including phenoxy) is 1. The van der Waals surface area contributed by atoms with Gasteiger partial charge in [0.15, 0.2) is 0 Å². The first kappa shape index (κ1) is 23.4. The average Bonchev–Trinajstić information content (AvgIpc) is 3.33. The molecule has 0 radical (unpaired) electrons. The number of urea groups is 1. The van der Waals surface area contributed by atoms with Gasteiger partial charge in [0.2, 0.25) is 5.91 Å². The fourth-order valence-corrected chi connectivity index (χ4v) is 4.40. The molecule has 0 aliphatic carbocycles. The number of fused-ring (bicyclic) bond motifs is 1. The number of methoxy groups -OCH3 is 1. The lowest BCUT2D eigenvalue weighted by atomic mass is 9.98. The zero-order valence-electron chi connectivity index (χ0n) is 20.0. The van der Waals surface area contributed by atoms with Crippen molar-refractivity contribution in [3.05, 3.63) is 83.7 Å². The van der Waals surface area contributed by atoms with Crippen LogP contribution in [0.3, 0.4) is 0 Å². The van der Waals surface area contributed by atoms with E-state index in [2.05, 4.69) is 53.3 Å². The fraction of sp³-hybridized carbons (Fsp3) is 0.333. The monoisotopic (exact) mass is 460 g/mol. The molecule has 1 aliphatic heterocycles. The quantitative estimate of drug-likeness (QED) is 0.557. The Morgan fingerprint density at radius 2 is 1.79 bits per heavy atom. The predicted octanol–water partition coefficient (Wildman–Crippen LogP) is 4.68. The van der Waals surface area contributed by atoms with Crippen molar-refractivity contribution < 1.29 is 14.3 Å². The number of carbonyl (C=O) groups is 2. The molecule has 1 N–H and O–H groups in total. The van der Waals surface area contributed by atoms with Gasteiger partial charge in [0.25, 0.3) is 0 Å². The maximum absolute atomic E-state index is 13.6. The molecule has 0 bridgehead atoms. The molecule has 1 aliphatic rings. The summed E-state index contributed by atoms with van der Waals surface area (Å²) in [6.45, 7) is 5.91. The summed E-state index contributed by atoms with van der Waals surface area (Å²) in [4.78, 5) is 30.1. The Hall–Kier alpha value is -3.74. The van der Waals surface area contributed by atoms with Crippen LogP contribution in [-0.2, 0) is 11.3 Å². The van der Waals surface area contributed by atoms with Crippen molar-refractivity contribution in [2.24, 2.45) is 0 Å². The molecule has 4 rings (SSSR count). The molecular formula is C27H32N4O3. The topological polar surface area (TPSA) is 66.8 Å². The van der Waals surface area contributed by atoms with Gasteiger partial charge in [-0.3, -0.25) is 4.79 Å². The summed E-state index contributed by atoms with van der Waals surface area (Å²) < 4.78 is 7.38. The third-order valence-electron chi connectivity index (χ3n) is 6.20. The van der Waals surface area contributed by atoms with Crippen LogP contribution in [0.4, 0.5) is 10.5 Å². The Kier molecular flexibility index (Phi) is 7.21. The first-order chi connectivity index (χ1) is 16.5. The van der Waals surface area contributed by atoms with Gasteiger partial charge in [-0.05, 0) is 55.3 Å². The summed E-state index contributed by atoms with van der Waals surface area (Å²) in [6.07, 6.45) is 2.82. The van der Waals surface area contributed by atoms with E-state index < -0.39 is 0 Å². The maximum atomic E-state index is 13.6. The van der Waals surface area contributed by atoms with Crippen molar-refractivity contribution in [3.63, 3.8) is 0 Å². The second-order valence-corrected chi connectivity index (χ2v) is 8.61. The highest BCUT2D eigenvalue weighted by molar-refractivity contribution is 5.92. The lowest BCUT2D eigenvalue weighted by molar-refractivity contribution is -0.134. The number of anilines is 1. The van der Waals surface area contributed by atoms with Crippen molar-refractivity contribution in [1.29, 1.82) is 0 Å². The summed E-state index contributed by atoms with van der Waals surface area (Å²) in [5.41, 5.74) is 4.00. The molecular weight excluding hydrogens is 428 g/mol. The highest BCUT2D eigenvalue weighted by atomic mass is 16.5. The molecule has 7 nitrogen and oxygen atoms in total. The molecule has 3 amide bonds. The van der Waals surface area contributed by atoms with E-state index >= 15 is 0 Å². The van der Waals surface area contributed by atoms with Crippen LogP contribution in [0.1, 0.15) is 36.2 Å². The number of benzene rings is 2. The molecule has 34 heavy (non-hydrogen) atoms. The molecule has 2 aromatic carbocycles. The Labute approximate surface area is 200 Å². The minimum absolute atomic E-state index is 0.0267. The van der Waals surface area contributed by atoms with Crippen molar-refractivity contribution >= 4 is 17.6 Å². The van der Waals surface area contributed by atoms with Crippen molar-refractivity contribution in [2.75, 3.05) is 32.1 Å². The van der Waals surface area contributed by atoms with Crippen LogP contribution >= 0.6 is 0 Å². The smallest absolute Gasteiger partial charge is 0.322 e. The van der Waals surface area contributed by atoms with Crippen molar-refractivity contribution in [1.82, 2.24) is 14.4 Å². The molecule has 178 valence electrons. The minimum Gasteiger partial charge on any atom is -0.497 e. The summed E-state index contributed by atoms with van der Waals surface area (Å²) >= 11 is 0. The third kappa shape index (κ3) is 5.09. The second-order valence-electron chi connectivity index (χ2n) is 8.61. The number of aryl methyl sites for hydroxylation is 1. The molecule has 0 fully saturated rings. The fourth-order valence-electron chi connectivity index (χ4n) is 4.40. The number of rotatable bonds is 7. The average molecular weight is 461 g/mol. The van der Waals surface area contributed by atoms with Gasteiger partial charge in [-0.15, -0.1) is 0 Å². The Morgan fingerprint density at radius 3 is 2.47 bits per heavy atom. The van der Waals surface area contributed by atoms with Crippen molar-refractivity contribution in [2.45, 2.75) is 32.9 Å². The van der Waals surface area contributed by atoms with Crippen LogP contribution in [0.25, 0.3) is 0 Å². The van der Waals surface area contributed by atoms with Crippen LogP contribution in [-0.4, -0.2) is 53.0 Å². The van der Waals surface area contributed by atoms with Crippen molar-refractivity contribution in [3.8, 4) is 5.75 Å². The van der Waals surface area contributed by atoms with Crippen LogP contribution in [0, 0.1) is 6.92 Å². The van der Waals surface area contributed by atoms with Gasteiger partial charge >= 0.3 is 6.03 Å². The number of nitrogens with one attached hydrogen (secondary N) is 1. The molecule has 1 unspecified atom stereocenters. The molecule has 2 heterocycles. The van der Waals surface area contributed by atoms with Gasteiger partial charge < -0.3 is 24.4 Å². The molecule has 1 atom stereocenters. The SMILES string of the molecule is CCCN(CC(=O)N1CCn2cccc2C1c1ccc(C)cc1)C(=O)Nc1ccc(OC)cc1. The van der Waals surface area contributed by atoms with E-state index in [1.54, 1.807) is 36.3 Å². The molecule has 7 heteroatoms. The number of amides is 3. The zero-order chi connectivity index (χ0) is 24.1. The van der Waals surface area contributed by atoms with E-state index in [0.29, 0.717) is 18.8 Å². The molecule has 1 aromatic heterocycles.